The van der Waals surface area contributed by atoms with Crippen molar-refractivity contribution in [2.75, 3.05) is 13.2 Å². The third kappa shape index (κ3) is 1.44. The summed E-state index contributed by atoms with van der Waals surface area (Å²) in [5, 5.41) is 8.60. The van der Waals surface area contributed by atoms with Gasteiger partial charge in [-0.05, 0) is 6.92 Å². The average Bonchev–Trinajstić information content (AvgIpc) is 2.08. The number of ether oxygens (including phenoxy) is 1. The van der Waals surface area contributed by atoms with Crippen LogP contribution in [0.15, 0.2) is 0 Å². The largest absolute Gasteiger partial charge is 0.393 e. The summed E-state index contributed by atoms with van der Waals surface area (Å²) < 4.78 is 29.5. The Balaban J connectivity index is 2.57. The molecule has 1 rings (SSSR count). The van der Waals surface area contributed by atoms with Crippen LogP contribution in [0.25, 0.3) is 0 Å². The van der Waals surface area contributed by atoms with Crippen molar-refractivity contribution < 1.29 is 18.6 Å². The van der Waals surface area contributed by atoms with Crippen LogP contribution < -0.4 is 0 Å². The lowest BCUT2D eigenvalue weighted by Crippen LogP contribution is -2.29. The molecule has 0 aliphatic carbocycles. The molecule has 0 aromatic carbocycles. The number of halogens is 2. The molecule has 1 N–H and O–H groups in total. The second-order valence-corrected chi connectivity index (χ2v) is 2.93. The molecule has 10 heavy (non-hydrogen) atoms. The minimum atomic E-state index is -2.75. The van der Waals surface area contributed by atoms with E-state index in [0.29, 0.717) is 0 Å². The molecule has 2 nitrogen and oxygen atoms in total. The van der Waals surface area contributed by atoms with Gasteiger partial charge in [0.1, 0.15) is 6.61 Å². The fourth-order valence-corrected chi connectivity index (χ4v) is 1.03. The van der Waals surface area contributed by atoms with Gasteiger partial charge >= 0.3 is 0 Å². The second-order valence-electron chi connectivity index (χ2n) is 2.93. The minimum absolute atomic E-state index is 0.345. The summed E-state index contributed by atoms with van der Waals surface area (Å²) in [7, 11) is 0. The van der Waals surface area contributed by atoms with E-state index in [1.807, 2.05) is 0 Å². The first-order valence-electron chi connectivity index (χ1n) is 3.10. The van der Waals surface area contributed by atoms with Crippen LogP contribution in [0, 0.1) is 0 Å². The molecule has 0 spiro atoms. The molecule has 0 amide bonds. The predicted octanol–water partition coefficient (Wildman–Crippen LogP) is 0.793. The second kappa shape index (κ2) is 2.13. The van der Waals surface area contributed by atoms with Gasteiger partial charge in [-0.25, -0.2) is 8.78 Å². The van der Waals surface area contributed by atoms with Crippen molar-refractivity contribution in [1.29, 1.82) is 0 Å². The lowest BCUT2D eigenvalue weighted by atomic mass is 10.0. The van der Waals surface area contributed by atoms with E-state index in [9.17, 15) is 8.78 Å². The van der Waals surface area contributed by atoms with Crippen LogP contribution >= 0.6 is 0 Å². The first-order chi connectivity index (χ1) is 4.47. The van der Waals surface area contributed by atoms with E-state index in [2.05, 4.69) is 0 Å². The zero-order valence-electron chi connectivity index (χ0n) is 5.73. The standard InChI is InChI=1S/C6H10F2O2/c1-5(3-9)2-6(7,8)4-10-5/h9H,2-4H2,1H3/t5-/m1/s1. The molecular weight excluding hydrogens is 142 g/mol. The van der Waals surface area contributed by atoms with Gasteiger partial charge in [-0.1, -0.05) is 0 Å². The van der Waals surface area contributed by atoms with Gasteiger partial charge in [-0.3, -0.25) is 0 Å². The quantitative estimate of drug-likeness (QED) is 0.602. The van der Waals surface area contributed by atoms with Crippen LogP contribution in [-0.4, -0.2) is 29.8 Å². The molecule has 1 fully saturated rings. The molecule has 1 saturated heterocycles. The van der Waals surface area contributed by atoms with E-state index in [1.54, 1.807) is 0 Å². The van der Waals surface area contributed by atoms with Gasteiger partial charge < -0.3 is 9.84 Å². The van der Waals surface area contributed by atoms with E-state index in [-0.39, 0.29) is 13.0 Å². The summed E-state index contributed by atoms with van der Waals surface area (Å²) in [5.41, 5.74) is -1.02. The van der Waals surface area contributed by atoms with Crippen LogP contribution in [0.1, 0.15) is 13.3 Å². The van der Waals surface area contributed by atoms with Gasteiger partial charge in [0.2, 0.25) is 0 Å². The van der Waals surface area contributed by atoms with E-state index >= 15 is 0 Å². The van der Waals surface area contributed by atoms with Crippen molar-refractivity contribution in [3.63, 3.8) is 0 Å². The molecule has 1 heterocycles. The van der Waals surface area contributed by atoms with Gasteiger partial charge in [0.25, 0.3) is 5.92 Å². The van der Waals surface area contributed by atoms with Gasteiger partial charge in [-0.15, -0.1) is 0 Å². The van der Waals surface area contributed by atoms with E-state index in [1.165, 1.54) is 6.92 Å². The minimum Gasteiger partial charge on any atom is -0.393 e. The Morgan fingerprint density at radius 2 is 2.20 bits per heavy atom. The number of aliphatic hydroxyl groups excluding tert-OH is 1. The molecule has 0 bridgehead atoms. The van der Waals surface area contributed by atoms with Crippen molar-refractivity contribution >= 4 is 0 Å². The van der Waals surface area contributed by atoms with Gasteiger partial charge in [0, 0.05) is 6.42 Å². The van der Waals surface area contributed by atoms with Gasteiger partial charge in [0.15, 0.2) is 0 Å². The number of alkyl halides is 2. The molecule has 1 atom stereocenters. The summed E-state index contributed by atoms with van der Waals surface area (Å²) >= 11 is 0. The summed E-state index contributed by atoms with van der Waals surface area (Å²) in [6, 6.07) is 0. The monoisotopic (exact) mass is 152 g/mol. The first kappa shape index (κ1) is 7.88. The number of hydrogen-bond acceptors (Lipinski definition) is 2. The van der Waals surface area contributed by atoms with E-state index in [0.717, 1.165) is 0 Å². The Labute approximate surface area is 57.8 Å². The molecule has 0 saturated carbocycles. The normalized spacial score (nSPS) is 38.4. The Kier molecular flexibility index (Phi) is 1.68. The van der Waals surface area contributed by atoms with Gasteiger partial charge in [-0.2, -0.15) is 0 Å². The average molecular weight is 152 g/mol. The number of rotatable bonds is 1. The van der Waals surface area contributed by atoms with E-state index < -0.39 is 18.1 Å². The van der Waals surface area contributed by atoms with Crippen molar-refractivity contribution in [1.82, 2.24) is 0 Å². The molecular formula is C6H10F2O2. The maximum absolute atomic E-state index is 12.4. The Morgan fingerprint density at radius 1 is 1.60 bits per heavy atom. The fraction of sp³-hybridized carbons (Fsp3) is 1.00. The topological polar surface area (TPSA) is 29.5 Å². The molecule has 4 heteroatoms. The van der Waals surface area contributed by atoms with E-state index in [4.69, 9.17) is 9.84 Å². The van der Waals surface area contributed by atoms with Crippen LogP contribution in [0.4, 0.5) is 8.78 Å². The van der Waals surface area contributed by atoms with Crippen LogP contribution in [0.3, 0.4) is 0 Å². The number of hydrogen-bond donors (Lipinski definition) is 1. The highest BCUT2D eigenvalue weighted by Gasteiger charge is 2.47. The molecule has 0 aromatic rings. The van der Waals surface area contributed by atoms with Crippen LogP contribution in [0.5, 0.6) is 0 Å². The predicted molar refractivity (Wildman–Crippen MR) is 31.0 cm³/mol. The lowest BCUT2D eigenvalue weighted by molar-refractivity contribution is -0.0362. The Hall–Kier alpha value is -0.220. The molecule has 0 radical (unpaired) electrons. The summed E-state index contributed by atoms with van der Waals surface area (Å²) in [5.74, 6) is -2.75. The van der Waals surface area contributed by atoms with Crippen molar-refractivity contribution in [3.8, 4) is 0 Å². The van der Waals surface area contributed by atoms with Crippen molar-refractivity contribution in [2.24, 2.45) is 0 Å². The highest BCUT2D eigenvalue weighted by atomic mass is 19.3. The van der Waals surface area contributed by atoms with Gasteiger partial charge in [0.05, 0.1) is 12.2 Å². The zero-order chi connectivity index (χ0) is 7.83. The van der Waals surface area contributed by atoms with Crippen molar-refractivity contribution in [2.45, 2.75) is 24.9 Å². The van der Waals surface area contributed by atoms with Crippen LogP contribution in [-0.2, 0) is 4.74 Å². The smallest absolute Gasteiger partial charge is 0.273 e. The molecule has 0 unspecified atom stereocenters. The highest BCUT2D eigenvalue weighted by molar-refractivity contribution is 4.89. The third-order valence-corrected chi connectivity index (χ3v) is 1.60. The summed E-state index contributed by atoms with van der Waals surface area (Å²) in [4.78, 5) is 0. The molecule has 0 aromatic heterocycles. The summed E-state index contributed by atoms with van der Waals surface area (Å²) in [6.45, 7) is 0.570. The number of aliphatic hydroxyl groups is 1. The highest BCUT2D eigenvalue weighted by Crippen LogP contribution is 2.36. The fourth-order valence-electron chi connectivity index (χ4n) is 1.03. The Morgan fingerprint density at radius 3 is 2.40 bits per heavy atom. The third-order valence-electron chi connectivity index (χ3n) is 1.60. The zero-order valence-corrected chi connectivity index (χ0v) is 5.73. The maximum atomic E-state index is 12.4. The first-order valence-corrected chi connectivity index (χ1v) is 3.10. The lowest BCUT2D eigenvalue weighted by Gasteiger charge is -2.18. The maximum Gasteiger partial charge on any atom is 0.273 e. The SMILES string of the molecule is C[C@]1(CO)CC(F)(F)CO1. The molecule has 1 aliphatic heterocycles. The Bertz CT molecular complexity index is 138. The molecule has 1 aliphatic rings. The van der Waals surface area contributed by atoms with Crippen LogP contribution in [0.2, 0.25) is 0 Å². The summed E-state index contributed by atoms with van der Waals surface area (Å²) in [6.07, 6.45) is -0.378. The molecule has 60 valence electrons. The van der Waals surface area contributed by atoms with Crippen molar-refractivity contribution in [3.05, 3.63) is 0 Å².